The zero-order valence-corrected chi connectivity index (χ0v) is 19.8. The smallest absolute Gasteiger partial charge is 0.322 e. The van der Waals surface area contributed by atoms with Gasteiger partial charge in [0.2, 0.25) is 0 Å². The summed E-state index contributed by atoms with van der Waals surface area (Å²) in [4.78, 5) is 56.7. The van der Waals surface area contributed by atoms with Crippen LogP contribution in [-0.2, 0) is 21.6 Å². The molecule has 3 aromatic rings. The molecule has 2 aliphatic rings. The monoisotopic (exact) mass is 492 g/mol. The minimum absolute atomic E-state index is 0.110. The first-order valence-corrected chi connectivity index (χ1v) is 11.4. The van der Waals surface area contributed by atoms with Crippen LogP contribution < -0.4 is 15.4 Å². The summed E-state index contributed by atoms with van der Waals surface area (Å²) in [7, 11) is 3.09. The number of hydrogen-bond acceptors (Lipinski definition) is 8. The van der Waals surface area contributed by atoms with Gasteiger partial charge < -0.3 is 24.1 Å². The highest BCUT2D eigenvalue weighted by atomic mass is 16.5. The van der Waals surface area contributed by atoms with Gasteiger partial charge in [-0.1, -0.05) is 6.07 Å². The van der Waals surface area contributed by atoms with Crippen molar-refractivity contribution in [3.05, 3.63) is 59.0 Å². The van der Waals surface area contributed by atoms with Crippen LogP contribution in [0.2, 0.25) is 0 Å². The maximum Gasteiger partial charge on any atom is 0.322 e. The molecule has 1 atom stereocenters. The van der Waals surface area contributed by atoms with Crippen molar-refractivity contribution in [2.45, 2.75) is 24.9 Å². The Bertz CT molecular complexity index is 1400. The van der Waals surface area contributed by atoms with Crippen molar-refractivity contribution in [2.24, 2.45) is 0 Å². The van der Waals surface area contributed by atoms with Crippen molar-refractivity contribution in [1.29, 1.82) is 0 Å². The Labute approximate surface area is 205 Å². The Morgan fingerprint density at radius 2 is 2.03 bits per heavy atom. The van der Waals surface area contributed by atoms with Gasteiger partial charge >= 0.3 is 6.03 Å². The number of imide groups is 1. The zero-order chi connectivity index (χ0) is 25.4. The highest BCUT2D eigenvalue weighted by Gasteiger charge is 2.53. The van der Waals surface area contributed by atoms with E-state index in [0.29, 0.717) is 41.8 Å². The number of carbonyl (C=O) groups excluding carboxylic acids is 4. The predicted octanol–water partition coefficient (Wildman–Crippen LogP) is 2.14. The summed E-state index contributed by atoms with van der Waals surface area (Å²) in [5, 5.41) is 4.89. The number of rotatable bonds is 9. The molecule has 1 saturated heterocycles. The quantitative estimate of drug-likeness (QED) is 0.263. The van der Waals surface area contributed by atoms with Gasteiger partial charge in [-0.15, -0.1) is 0 Å². The molecule has 0 unspecified atom stereocenters. The number of nitrogens with zero attached hydrogens (tertiary/aromatic N) is 2. The number of carbonyl (C=O) groups is 4. The molecule has 2 aromatic heterocycles. The van der Waals surface area contributed by atoms with Gasteiger partial charge in [-0.05, 0) is 30.2 Å². The van der Waals surface area contributed by atoms with Crippen molar-refractivity contribution < 1.29 is 33.1 Å². The molecule has 5 rings (SSSR count). The number of nitrogens with one attached hydrogen (secondary N) is 2. The van der Waals surface area contributed by atoms with Gasteiger partial charge in [0.1, 0.15) is 17.0 Å². The van der Waals surface area contributed by atoms with Gasteiger partial charge in [-0.2, -0.15) is 0 Å². The van der Waals surface area contributed by atoms with E-state index < -0.39 is 17.5 Å². The van der Waals surface area contributed by atoms with Gasteiger partial charge in [0.15, 0.2) is 16.9 Å². The highest BCUT2D eigenvalue weighted by molar-refractivity contribution is 6.08. The van der Waals surface area contributed by atoms with E-state index in [1.807, 2.05) is 0 Å². The second kappa shape index (κ2) is 9.08. The molecule has 2 N–H and O–H groups in total. The Morgan fingerprint density at radius 3 is 2.75 bits per heavy atom. The number of benzene rings is 1. The summed E-state index contributed by atoms with van der Waals surface area (Å²) in [6.45, 7) is 0.556. The van der Waals surface area contributed by atoms with Crippen LogP contribution in [0.3, 0.4) is 0 Å². The van der Waals surface area contributed by atoms with Gasteiger partial charge in [0, 0.05) is 50.1 Å². The summed E-state index contributed by atoms with van der Waals surface area (Å²) in [5.74, 6) is -0.406. The van der Waals surface area contributed by atoms with Crippen LogP contribution in [0.5, 0.6) is 5.75 Å². The lowest BCUT2D eigenvalue weighted by Crippen LogP contribution is -2.52. The first-order chi connectivity index (χ1) is 17.3. The standard InChI is InChI=1S/C25H24N4O7/c1-34-7-3-4-19(30)15-8-20-18(26-11-15)10-21(36-20)25(23(32)27-24(33)28-25)13-29-12-14-5-6-16(35-2)9-17(14)22(29)31/h5-6,8-11H,3-4,7,12-13H2,1-2H3,(H2,27,28,32,33)/t25-/m0/s1. The molecular formula is C25H24N4O7. The van der Waals surface area contributed by atoms with Crippen molar-refractivity contribution in [3.8, 4) is 5.75 Å². The number of methoxy groups -OCH3 is 2. The molecule has 4 amide bonds. The summed E-state index contributed by atoms with van der Waals surface area (Å²) in [5.41, 5.74) is 0.653. The molecular weight excluding hydrogens is 468 g/mol. The van der Waals surface area contributed by atoms with E-state index in [4.69, 9.17) is 13.9 Å². The van der Waals surface area contributed by atoms with Crippen molar-refractivity contribution in [2.75, 3.05) is 27.4 Å². The first kappa shape index (κ1) is 23.5. The van der Waals surface area contributed by atoms with E-state index >= 15 is 0 Å². The van der Waals surface area contributed by atoms with Crippen molar-refractivity contribution >= 4 is 34.7 Å². The second-order valence-electron chi connectivity index (χ2n) is 8.74. The second-order valence-corrected chi connectivity index (χ2v) is 8.74. The third-order valence-corrected chi connectivity index (χ3v) is 6.43. The largest absolute Gasteiger partial charge is 0.497 e. The minimum atomic E-state index is -1.66. The van der Waals surface area contributed by atoms with Crippen LogP contribution in [0.15, 0.2) is 40.9 Å². The average Bonchev–Trinajstić information content (AvgIpc) is 3.52. The lowest BCUT2D eigenvalue weighted by Gasteiger charge is -2.28. The first-order valence-electron chi connectivity index (χ1n) is 11.4. The Hall–Kier alpha value is -4.25. The number of fused-ring (bicyclic) bond motifs is 2. The summed E-state index contributed by atoms with van der Waals surface area (Å²) >= 11 is 0. The molecule has 1 fully saturated rings. The molecule has 0 spiro atoms. The number of aromatic nitrogens is 1. The molecule has 0 saturated carbocycles. The van der Waals surface area contributed by atoms with Gasteiger partial charge in [0.05, 0.1) is 13.7 Å². The third kappa shape index (κ3) is 3.97. The minimum Gasteiger partial charge on any atom is -0.497 e. The highest BCUT2D eigenvalue weighted by Crippen LogP contribution is 2.34. The molecule has 1 aromatic carbocycles. The Morgan fingerprint density at radius 1 is 1.19 bits per heavy atom. The number of hydrogen-bond donors (Lipinski definition) is 2. The van der Waals surface area contributed by atoms with Crippen molar-refractivity contribution in [3.63, 3.8) is 0 Å². The van der Waals surface area contributed by atoms with Crippen LogP contribution >= 0.6 is 0 Å². The SMILES string of the molecule is COCCCC(=O)c1cnc2cc([C@]3(CN4Cc5ccc(OC)cc5C4=O)NC(=O)NC3=O)oc2c1. The lowest BCUT2D eigenvalue weighted by molar-refractivity contribution is -0.125. The third-order valence-electron chi connectivity index (χ3n) is 6.43. The summed E-state index contributed by atoms with van der Waals surface area (Å²) in [6, 6.07) is 7.60. The topological polar surface area (TPSA) is 140 Å². The zero-order valence-electron chi connectivity index (χ0n) is 19.8. The van der Waals surface area contributed by atoms with E-state index in [9.17, 15) is 19.2 Å². The molecule has 186 valence electrons. The van der Waals surface area contributed by atoms with Crippen LogP contribution in [-0.4, -0.2) is 60.9 Å². The van der Waals surface area contributed by atoms with Crippen molar-refractivity contribution in [1.82, 2.24) is 20.5 Å². The number of pyridine rings is 1. The van der Waals surface area contributed by atoms with Gasteiger partial charge in [0.25, 0.3) is 11.8 Å². The van der Waals surface area contributed by atoms with E-state index in [2.05, 4.69) is 15.6 Å². The molecule has 0 bridgehead atoms. The molecule has 11 nitrogen and oxygen atoms in total. The van der Waals surface area contributed by atoms with Crippen LogP contribution in [0, 0.1) is 0 Å². The average molecular weight is 492 g/mol. The maximum absolute atomic E-state index is 13.2. The van der Waals surface area contributed by atoms with E-state index in [-0.39, 0.29) is 36.1 Å². The molecule has 0 aliphatic carbocycles. The van der Waals surface area contributed by atoms with Crippen LogP contribution in [0.4, 0.5) is 4.79 Å². The van der Waals surface area contributed by atoms with Gasteiger partial charge in [-0.3, -0.25) is 24.7 Å². The van der Waals surface area contributed by atoms with E-state index in [0.717, 1.165) is 5.56 Å². The maximum atomic E-state index is 13.2. The molecule has 36 heavy (non-hydrogen) atoms. The van der Waals surface area contributed by atoms with Gasteiger partial charge in [-0.25, -0.2) is 4.79 Å². The van der Waals surface area contributed by atoms with E-state index in [1.54, 1.807) is 31.4 Å². The molecule has 11 heteroatoms. The number of ketones is 1. The molecule has 4 heterocycles. The predicted molar refractivity (Wildman–Crippen MR) is 126 cm³/mol. The normalized spacial score (nSPS) is 18.9. The number of urea groups is 1. The number of Topliss-reactive ketones (excluding diaryl/α,β-unsaturated/α-hetero) is 1. The van der Waals surface area contributed by atoms with Crippen LogP contribution in [0.25, 0.3) is 11.1 Å². The fourth-order valence-electron chi connectivity index (χ4n) is 4.54. The number of amides is 4. The fourth-order valence-corrected chi connectivity index (χ4v) is 4.54. The number of ether oxygens (including phenoxy) is 2. The Balaban J connectivity index is 1.46. The lowest BCUT2D eigenvalue weighted by atomic mass is 9.95. The fraction of sp³-hybridized carbons (Fsp3) is 0.320. The summed E-state index contributed by atoms with van der Waals surface area (Å²) in [6.07, 6.45) is 2.31. The van der Waals surface area contributed by atoms with E-state index in [1.165, 1.54) is 24.3 Å². The number of furan rings is 1. The molecule has 2 aliphatic heterocycles. The molecule has 0 radical (unpaired) electrons. The Kier molecular flexibility index (Phi) is 5.92. The van der Waals surface area contributed by atoms with Crippen LogP contribution in [0.1, 0.15) is 44.9 Å². The summed E-state index contributed by atoms with van der Waals surface area (Å²) < 4.78 is 16.2.